The van der Waals surface area contributed by atoms with Crippen molar-refractivity contribution in [3.63, 3.8) is 0 Å². The summed E-state index contributed by atoms with van der Waals surface area (Å²) in [6.45, 7) is 11.1. The summed E-state index contributed by atoms with van der Waals surface area (Å²) >= 11 is 0. The Labute approximate surface area is 390 Å². The number of benzene rings is 6. The molecule has 0 aromatic heterocycles. The van der Waals surface area contributed by atoms with Gasteiger partial charge in [-0.3, -0.25) is 20.2 Å². The summed E-state index contributed by atoms with van der Waals surface area (Å²) in [5, 5.41) is 30.5. The molecule has 2 aliphatic carbocycles. The third-order valence-electron chi connectivity index (χ3n) is 13.0. The summed E-state index contributed by atoms with van der Waals surface area (Å²) < 4.78 is 12.4. The van der Waals surface area contributed by atoms with E-state index in [1.54, 1.807) is 0 Å². The maximum Gasteiger partial charge on any atom is 0.323 e. The lowest BCUT2D eigenvalue weighted by Gasteiger charge is -2.39. The predicted octanol–water partition coefficient (Wildman–Crippen LogP) is 10.5. The normalized spacial score (nSPS) is 16.2. The highest BCUT2D eigenvalue weighted by atomic mass is 16.6. The van der Waals surface area contributed by atoms with Crippen LogP contribution in [0.1, 0.15) is 107 Å². The first kappa shape index (κ1) is 46.6. The Morgan fingerprint density at radius 3 is 1.23 bits per heavy atom. The number of ether oxygens (including phenoxy) is 2. The Bertz CT molecular complexity index is 2540. The molecule has 0 spiro atoms. The van der Waals surface area contributed by atoms with Gasteiger partial charge in [0.1, 0.15) is 23.3 Å². The zero-order valence-electron chi connectivity index (χ0n) is 39.1. The molecule has 0 bridgehead atoms. The number of rotatable bonds is 17. The summed E-state index contributed by atoms with van der Waals surface area (Å²) in [6, 6.07) is 51.9. The summed E-state index contributed by atoms with van der Waals surface area (Å²) in [4.78, 5) is 29.3. The number of carbonyl (C=O) groups excluding carboxylic acids is 2. The van der Waals surface area contributed by atoms with E-state index in [4.69, 9.17) is 9.47 Å². The van der Waals surface area contributed by atoms with Gasteiger partial charge in [-0.2, -0.15) is 0 Å². The number of aliphatic hydroxyl groups excluding tert-OH is 2. The minimum atomic E-state index is -0.971. The zero-order valence-corrected chi connectivity index (χ0v) is 39.1. The first-order chi connectivity index (χ1) is 31.7. The molecule has 4 N–H and O–H groups in total. The summed E-state index contributed by atoms with van der Waals surface area (Å²) in [6.07, 6.45) is 0.511. The molecule has 66 heavy (non-hydrogen) atoms. The minimum absolute atomic E-state index is 0.0804. The van der Waals surface area contributed by atoms with Gasteiger partial charge in [0.15, 0.2) is 0 Å². The smallest absolute Gasteiger partial charge is 0.323 e. The van der Waals surface area contributed by atoms with Gasteiger partial charge < -0.3 is 19.7 Å². The second-order valence-electron chi connectivity index (χ2n) is 19.9. The number of hydrogen-bond donors (Lipinski definition) is 4. The van der Waals surface area contributed by atoms with Crippen molar-refractivity contribution in [2.45, 2.75) is 114 Å². The van der Waals surface area contributed by atoms with Crippen LogP contribution in [0.4, 0.5) is 0 Å². The molecule has 0 fully saturated rings. The van der Waals surface area contributed by atoms with Gasteiger partial charge in [-0.05, 0) is 135 Å². The molecule has 4 atom stereocenters. The molecule has 6 aromatic rings. The molecule has 0 amide bonds. The van der Waals surface area contributed by atoms with E-state index in [0.717, 1.165) is 55.6 Å². The van der Waals surface area contributed by atoms with E-state index in [2.05, 4.69) is 83.4 Å². The third kappa shape index (κ3) is 9.25. The van der Waals surface area contributed by atoms with Gasteiger partial charge in [-0.25, -0.2) is 0 Å². The lowest BCUT2D eigenvalue weighted by Crippen LogP contribution is -2.54. The van der Waals surface area contributed by atoms with Gasteiger partial charge in [-0.1, -0.05) is 158 Å². The van der Waals surface area contributed by atoms with Crippen LogP contribution in [-0.4, -0.2) is 58.1 Å². The molecule has 0 saturated heterocycles. The molecule has 8 rings (SSSR count). The van der Waals surface area contributed by atoms with E-state index in [1.807, 2.05) is 126 Å². The molecule has 8 nitrogen and oxygen atoms in total. The van der Waals surface area contributed by atoms with Crippen LogP contribution in [0.5, 0.6) is 0 Å². The summed E-state index contributed by atoms with van der Waals surface area (Å²) in [7, 11) is 0. The van der Waals surface area contributed by atoms with E-state index >= 15 is 0 Å². The largest absolute Gasteiger partial charge is 0.459 e. The molecule has 0 saturated carbocycles. The van der Waals surface area contributed by atoms with Gasteiger partial charge in [-0.15, -0.1) is 0 Å². The molecule has 0 radical (unpaired) electrons. The van der Waals surface area contributed by atoms with E-state index in [9.17, 15) is 19.8 Å². The van der Waals surface area contributed by atoms with Crippen molar-refractivity contribution in [2.75, 3.05) is 6.61 Å². The first-order valence-corrected chi connectivity index (χ1v) is 23.5. The number of fused-ring (bicyclic) bond motifs is 6. The summed E-state index contributed by atoms with van der Waals surface area (Å²) in [5.41, 5.74) is 6.94. The van der Waals surface area contributed by atoms with Crippen molar-refractivity contribution in [1.29, 1.82) is 0 Å². The van der Waals surface area contributed by atoms with Gasteiger partial charge in [0.05, 0.1) is 17.2 Å². The number of hydrogen-bond acceptors (Lipinski definition) is 8. The Hall–Kier alpha value is -5.90. The van der Waals surface area contributed by atoms with Crippen LogP contribution >= 0.6 is 0 Å². The SMILES string of the molecule is CC(C)(C)OC(=O)[C@H](CC[C@H](O)[C@@H](CCCO)C[C@H](NC1(c2ccccc2)c2ccccc2-c2ccccc21)C(=O)OC(C)(C)C)NC1(c2ccccc2)c2ccccc2-c2ccccc21. The third-order valence-corrected chi connectivity index (χ3v) is 13.0. The molecular formula is C58H64N2O6. The molecule has 2 aliphatic rings. The fraction of sp³-hybridized carbons (Fsp3) is 0.345. The van der Waals surface area contributed by atoms with E-state index < -0.39 is 58.3 Å². The quantitative estimate of drug-likeness (QED) is 0.0669. The Kier molecular flexibility index (Phi) is 13.5. The molecule has 0 unspecified atom stereocenters. The van der Waals surface area contributed by atoms with Crippen molar-refractivity contribution in [3.05, 3.63) is 191 Å². The van der Waals surface area contributed by atoms with Crippen LogP contribution in [0, 0.1) is 5.92 Å². The Morgan fingerprint density at radius 2 is 0.848 bits per heavy atom. The minimum Gasteiger partial charge on any atom is -0.459 e. The van der Waals surface area contributed by atoms with Crippen molar-refractivity contribution in [1.82, 2.24) is 10.6 Å². The van der Waals surface area contributed by atoms with Gasteiger partial charge in [0.2, 0.25) is 0 Å². The highest BCUT2D eigenvalue weighted by Gasteiger charge is 2.49. The van der Waals surface area contributed by atoms with Crippen LogP contribution in [0.2, 0.25) is 0 Å². The van der Waals surface area contributed by atoms with E-state index in [0.29, 0.717) is 12.8 Å². The second kappa shape index (κ2) is 19.1. The molecule has 8 heteroatoms. The fourth-order valence-corrected chi connectivity index (χ4v) is 10.4. The molecular weight excluding hydrogens is 821 g/mol. The number of esters is 2. The van der Waals surface area contributed by atoms with E-state index in [1.165, 1.54) is 0 Å². The average molecular weight is 885 g/mol. The maximum atomic E-state index is 14.7. The van der Waals surface area contributed by atoms with Crippen LogP contribution in [0.15, 0.2) is 158 Å². The van der Waals surface area contributed by atoms with Crippen molar-refractivity contribution in [2.24, 2.45) is 5.92 Å². The van der Waals surface area contributed by atoms with Gasteiger partial charge in [0.25, 0.3) is 0 Å². The number of aliphatic hydroxyl groups is 2. The number of carbonyl (C=O) groups is 2. The van der Waals surface area contributed by atoms with Crippen LogP contribution in [0.25, 0.3) is 22.3 Å². The second-order valence-corrected chi connectivity index (χ2v) is 19.9. The standard InChI is InChI=1S/C58H64N2O6/c1-55(2,3)65-53(63)50(59-57(40-23-9-7-10-24-40)46-31-17-13-27-42(46)43-28-14-18-32-47(43)57)35-36-52(62)39(22-21-37-61)38-51(54(64)66-56(4,5)6)60-58(41-25-11-8-12-26-41)48-33-19-15-29-44(48)45-30-16-20-34-49(45)58/h7-20,23-34,39,50-52,59-62H,21-22,35-38H2,1-6H3/t39-,50-,51-,52-/m0/s1. The van der Waals surface area contributed by atoms with E-state index in [-0.39, 0.29) is 25.9 Å². The van der Waals surface area contributed by atoms with Crippen molar-refractivity contribution >= 4 is 11.9 Å². The topological polar surface area (TPSA) is 117 Å². The van der Waals surface area contributed by atoms with Crippen molar-refractivity contribution in [3.8, 4) is 22.3 Å². The van der Waals surface area contributed by atoms with Gasteiger partial charge in [0, 0.05) is 6.61 Å². The molecule has 342 valence electrons. The fourth-order valence-electron chi connectivity index (χ4n) is 10.4. The monoisotopic (exact) mass is 884 g/mol. The van der Waals surface area contributed by atoms with Crippen LogP contribution < -0.4 is 10.6 Å². The highest BCUT2D eigenvalue weighted by molar-refractivity contribution is 5.86. The van der Waals surface area contributed by atoms with Gasteiger partial charge >= 0.3 is 11.9 Å². The lowest BCUT2D eigenvalue weighted by atomic mass is 9.78. The Balaban J connectivity index is 1.16. The molecule has 6 aromatic carbocycles. The number of nitrogens with one attached hydrogen (secondary N) is 2. The summed E-state index contributed by atoms with van der Waals surface area (Å²) in [5.74, 6) is -1.33. The van der Waals surface area contributed by atoms with Crippen LogP contribution in [0.3, 0.4) is 0 Å². The zero-order chi connectivity index (χ0) is 46.7. The predicted molar refractivity (Wildman–Crippen MR) is 262 cm³/mol. The Morgan fingerprint density at radius 1 is 0.500 bits per heavy atom. The molecule has 0 heterocycles. The lowest BCUT2D eigenvalue weighted by molar-refractivity contribution is -0.159. The maximum absolute atomic E-state index is 14.7. The highest BCUT2D eigenvalue weighted by Crippen LogP contribution is 2.53. The first-order valence-electron chi connectivity index (χ1n) is 23.5. The average Bonchev–Trinajstić information content (AvgIpc) is 3.76. The van der Waals surface area contributed by atoms with Crippen LogP contribution in [-0.2, 0) is 30.1 Å². The molecule has 0 aliphatic heterocycles. The van der Waals surface area contributed by atoms with Crippen molar-refractivity contribution < 1.29 is 29.3 Å².